The van der Waals surface area contributed by atoms with Crippen LogP contribution in [0, 0.1) is 10.1 Å². The second-order valence-corrected chi connectivity index (χ2v) is 6.01. The van der Waals surface area contributed by atoms with E-state index in [2.05, 4.69) is 20.7 Å². The van der Waals surface area contributed by atoms with Crippen LogP contribution >= 0.6 is 0 Å². The highest BCUT2D eigenvalue weighted by Gasteiger charge is 2.13. The van der Waals surface area contributed by atoms with Gasteiger partial charge in [-0.3, -0.25) is 20.0 Å². The van der Waals surface area contributed by atoms with Crippen LogP contribution in [0.25, 0.3) is 11.3 Å². The largest absolute Gasteiger partial charge is 0.493 e. The summed E-state index contributed by atoms with van der Waals surface area (Å²) in [7, 11) is 1.55. The predicted molar refractivity (Wildman–Crippen MR) is 110 cm³/mol. The molecule has 30 heavy (non-hydrogen) atoms. The van der Waals surface area contributed by atoms with Crippen LogP contribution < -0.4 is 14.9 Å². The number of hydrogen-bond acceptors (Lipinski definition) is 7. The van der Waals surface area contributed by atoms with E-state index in [0.717, 1.165) is 5.56 Å². The molecule has 1 amide bonds. The average molecular weight is 409 g/mol. The van der Waals surface area contributed by atoms with Crippen molar-refractivity contribution >= 4 is 17.8 Å². The van der Waals surface area contributed by atoms with Crippen molar-refractivity contribution in [3.05, 3.63) is 69.9 Å². The summed E-state index contributed by atoms with van der Waals surface area (Å²) in [6.45, 7) is 2.40. The third kappa shape index (κ3) is 4.79. The molecular weight excluding hydrogens is 390 g/mol. The Kier molecular flexibility index (Phi) is 6.38. The standard InChI is InChI=1S/C20H19N5O5/c1-3-30-18-9-6-14(10-19(18)29-2)16-11-17(23-22-16)20(26)24-21-12-13-4-7-15(8-5-13)25(27)28/h4-12H,3H2,1-2H3,(H,22,23)(H,24,26)/b21-12+. The number of carbonyl (C=O) groups excluding carboxylic acids is 1. The van der Waals surface area contributed by atoms with Crippen LogP contribution in [0.2, 0.25) is 0 Å². The minimum Gasteiger partial charge on any atom is -0.493 e. The maximum absolute atomic E-state index is 12.3. The first-order chi connectivity index (χ1) is 14.5. The molecule has 154 valence electrons. The topological polar surface area (TPSA) is 132 Å². The van der Waals surface area contributed by atoms with Gasteiger partial charge >= 0.3 is 0 Å². The maximum Gasteiger partial charge on any atom is 0.289 e. The second kappa shape index (κ2) is 9.32. The summed E-state index contributed by atoms with van der Waals surface area (Å²) in [4.78, 5) is 22.4. The van der Waals surface area contributed by atoms with Gasteiger partial charge in [0.2, 0.25) is 0 Å². The number of non-ortho nitro benzene ring substituents is 1. The molecule has 0 bridgehead atoms. The molecule has 2 N–H and O–H groups in total. The van der Waals surface area contributed by atoms with Crippen LogP contribution in [0.15, 0.2) is 53.6 Å². The molecule has 0 spiro atoms. The zero-order valence-electron chi connectivity index (χ0n) is 16.3. The number of rotatable bonds is 8. The van der Waals surface area contributed by atoms with Crippen LogP contribution in [0.5, 0.6) is 11.5 Å². The molecule has 1 aromatic heterocycles. The number of benzene rings is 2. The molecular formula is C20H19N5O5. The summed E-state index contributed by atoms with van der Waals surface area (Å²) in [5, 5.41) is 21.3. The lowest BCUT2D eigenvalue weighted by atomic mass is 10.1. The summed E-state index contributed by atoms with van der Waals surface area (Å²) in [5.74, 6) is 0.707. The summed E-state index contributed by atoms with van der Waals surface area (Å²) in [6.07, 6.45) is 1.39. The highest BCUT2D eigenvalue weighted by atomic mass is 16.6. The Morgan fingerprint density at radius 3 is 2.67 bits per heavy atom. The van der Waals surface area contributed by atoms with Gasteiger partial charge in [0, 0.05) is 17.7 Å². The number of aromatic amines is 1. The lowest BCUT2D eigenvalue weighted by Crippen LogP contribution is -2.17. The fourth-order valence-corrected chi connectivity index (χ4v) is 2.60. The normalized spacial score (nSPS) is 10.7. The lowest BCUT2D eigenvalue weighted by Gasteiger charge is -2.09. The van der Waals surface area contributed by atoms with Crippen molar-refractivity contribution in [2.45, 2.75) is 6.92 Å². The maximum atomic E-state index is 12.3. The first kappa shape index (κ1) is 20.5. The molecule has 0 aliphatic carbocycles. The van der Waals surface area contributed by atoms with Crippen molar-refractivity contribution in [1.29, 1.82) is 0 Å². The number of nitro groups is 1. The molecule has 3 rings (SSSR count). The summed E-state index contributed by atoms with van der Waals surface area (Å²) in [5.41, 5.74) is 4.49. The van der Waals surface area contributed by atoms with Crippen LogP contribution in [-0.2, 0) is 0 Å². The van der Waals surface area contributed by atoms with E-state index in [9.17, 15) is 14.9 Å². The van der Waals surface area contributed by atoms with Crippen LogP contribution in [0.4, 0.5) is 5.69 Å². The van der Waals surface area contributed by atoms with Crippen LogP contribution in [0.3, 0.4) is 0 Å². The number of hydrogen-bond donors (Lipinski definition) is 2. The number of hydrazone groups is 1. The number of nitro benzene ring substituents is 1. The van der Waals surface area contributed by atoms with E-state index in [0.29, 0.717) is 29.4 Å². The molecule has 0 saturated heterocycles. The summed E-state index contributed by atoms with van der Waals surface area (Å²) < 4.78 is 10.8. The van der Waals surface area contributed by atoms with Crippen LogP contribution in [-0.4, -0.2) is 41.0 Å². The highest BCUT2D eigenvalue weighted by Crippen LogP contribution is 2.32. The van der Waals surface area contributed by atoms with E-state index >= 15 is 0 Å². The molecule has 0 aliphatic heterocycles. The van der Waals surface area contributed by atoms with Crippen molar-refractivity contribution in [3.8, 4) is 22.8 Å². The summed E-state index contributed by atoms with van der Waals surface area (Å²) >= 11 is 0. The van der Waals surface area contributed by atoms with Gasteiger partial charge in [0.15, 0.2) is 11.5 Å². The van der Waals surface area contributed by atoms with Gasteiger partial charge in [-0.25, -0.2) is 5.43 Å². The molecule has 3 aromatic rings. The van der Waals surface area contributed by atoms with Crippen LogP contribution in [0.1, 0.15) is 23.0 Å². The number of aromatic nitrogens is 2. The van der Waals surface area contributed by atoms with E-state index in [4.69, 9.17) is 9.47 Å². The molecule has 0 radical (unpaired) electrons. The molecule has 0 unspecified atom stereocenters. The average Bonchev–Trinajstić information content (AvgIpc) is 3.25. The minimum absolute atomic E-state index is 0.0212. The Labute approximate surface area is 171 Å². The van der Waals surface area contributed by atoms with E-state index in [1.54, 1.807) is 25.3 Å². The molecule has 0 atom stereocenters. The fourth-order valence-electron chi connectivity index (χ4n) is 2.60. The number of carbonyl (C=O) groups is 1. The first-order valence-corrected chi connectivity index (χ1v) is 8.96. The Hall–Kier alpha value is -4.21. The molecule has 2 aromatic carbocycles. The van der Waals surface area contributed by atoms with Gasteiger partial charge in [0.25, 0.3) is 11.6 Å². The Bertz CT molecular complexity index is 1080. The predicted octanol–water partition coefficient (Wildman–Crippen LogP) is 3.16. The van der Waals surface area contributed by atoms with E-state index in [-0.39, 0.29) is 11.4 Å². The van der Waals surface area contributed by atoms with E-state index < -0.39 is 10.8 Å². The van der Waals surface area contributed by atoms with Gasteiger partial charge in [-0.1, -0.05) is 0 Å². The van der Waals surface area contributed by atoms with Crippen molar-refractivity contribution in [2.24, 2.45) is 5.10 Å². The van der Waals surface area contributed by atoms with E-state index in [1.165, 1.54) is 30.5 Å². The zero-order chi connectivity index (χ0) is 21.5. The number of methoxy groups -OCH3 is 1. The smallest absolute Gasteiger partial charge is 0.289 e. The lowest BCUT2D eigenvalue weighted by molar-refractivity contribution is -0.384. The molecule has 0 aliphatic rings. The number of nitrogens with one attached hydrogen (secondary N) is 2. The molecule has 1 heterocycles. The number of ether oxygens (including phenoxy) is 2. The van der Waals surface area contributed by atoms with Crippen molar-refractivity contribution in [1.82, 2.24) is 15.6 Å². The van der Waals surface area contributed by atoms with Crippen molar-refractivity contribution in [3.63, 3.8) is 0 Å². The Morgan fingerprint density at radius 1 is 1.23 bits per heavy atom. The Morgan fingerprint density at radius 2 is 2.00 bits per heavy atom. The fraction of sp³-hybridized carbons (Fsp3) is 0.150. The minimum atomic E-state index is -0.488. The van der Waals surface area contributed by atoms with E-state index in [1.807, 2.05) is 13.0 Å². The van der Waals surface area contributed by atoms with Gasteiger partial charge in [0.05, 0.1) is 30.5 Å². The zero-order valence-corrected chi connectivity index (χ0v) is 16.3. The van der Waals surface area contributed by atoms with Crippen molar-refractivity contribution in [2.75, 3.05) is 13.7 Å². The third-order valence-corrected chi connectivity index (χ3v) is 4.07. The molecule has 0 fully saturated rings. The van der Waals surface area contributed by atoms with Gasteiger partial charge in [-0.05, 0) is 48.9 Å². The molecule has 0 saturated carbocycles. The number of H-pyrrole nitrogens is 1. The highest BCUT2D eigenvalue weighted by molar-refractivity contribution is 5.94. The monoisotopic (exact) mass is 409 g/mol. The Balaban J connectivity index is 1.66. The van der Waals surface area contributed by atoms with Crippen molar-refractivity contribution < 1.29 is 19.2 Å². The quantitative estimate of drug-likeness (QED) is 0.334. The molecule has 10 nitrogen and oxygen atoms in total. The third-order valence-electron chi connectivity index (χ3n) is 4.07. The first-order valence-electron chi connectivity index (χ1n) is 8.96. The molecule has 10 heteroatoms. The number of amides is 1. The SMILES string of the molecule is CCOc1ccc(-c2cc(C(=O)N/N=C/c3ccc([N+](=O)[O-])cc3)[nH]n2)cc1OC. The van der Waals surface area contributed by atoms with Gasteiger partial charge < -0.3 is 9.47 Å². The summed E-state index contributed by atoms with van der Waals surface area (Å²) in [6, 6.07) is 12.7. The van der Waals surface area contributed by atoms with Gasteiger partial charge in [0.1, 0.15) is 5.69 Å². The van der Waals surface area contributed by atoms with Gasteiger partial charge in [-0.15, -0.1) is 0 Å². The second-order valence-electron chi connectivity index (χ2n) is 6.01. The number of nitrogens with zero attached hydrogens (tertiary/aromatic N) is 3. The van der Waals surface area contributed by atoms with Gasteiger partial charge in [-0.2, -0.15) is 10.2 Å².